The highest BCUT2D eigenvalue weighted by Gasteiger charge is 2.23. The van der Waals surface area contributed by atoms with E-state index in [-0.39, 0.29) is 5.82 Å². The van der Waals surface area contributed by atoms with Gasteiger partial charge in [-0.3, -0.25) is 5.32 Å². The molecule has 4 rings (SSSR count). The van der Waals surface area contributed by atoms with Crippen molar-refractivity contribution >= 4 is 10.9 Å². The van der Waals surface area contributed by atoms with Crippen LogP contribution >= 0.6 is 0 Å². The number of aromatic amines is 1. The predicted molar refractivity (Wildman–Crippen MR) is 93.1 cm³/mol. The Morgan fingerprint density at radius 1 is 1.25 bits per heavy atom. The summed E-state index contributed by atoms with van der Waals surface area (Å²) in [5.41, 5.74) is 5.76. The van der Waals surface area contributed by atoms with E-state index < -0.39 is 6.23 Å². The smallest absolute Gasteiger partial charge is 0.131 e. The van der Waals surface area contributed by atoms with E-state index in [2.05, 4.69) is 39.9 Å². The first-order valence-electron chi connectivity index (χ1n) is 8.16. The van der Waals surface area contributed by atoms with E-state index in [1.807, 2.05) is 7.05 Å². The van der Waals surface area contributed by atoms with Crippen molar-refractivity contribution < 1.29 is 9.50 Å². The second-order valence-electron chi connectivity index (χ2n) is 6.23. The maximum absolute atomic E-state index is 13.9. The second kappa shape index (κ2) is 6.02. The number of hydrogen-bond donors (Lipinski definition) is 4. The molecule has 1 aliphatic rings. The number of benzene rings is 2. The van der Waals surface area contributed by atoms with Crippen LogP contribution in [0.1, 0.15) is 22.9 Å². The van der Waals surface area contributed by atoms with Gasteiger partial charge in [0.25, 0.3) is 0 Å². The van der Waals surface area contributed by atoms with E-state index in [4.69, 9.17) is 0 Å². The van der Waals surface area contributed by atoms with Crippen LogP contribution in [0.25, 0.3) is 22.2 Å². The molecule has 1 unspecified atom stereocenters. The van der Waals surface area contributed by atoms with Crippen LogP contribution in [0.4, 0.5) is 4.39 Å². The van der Waals surface area contributed by atoms with Gasteiger partial charge in [0.05, 0.1) is 0 Å². The van der Waals surface area contributed by atoms with Crippen LogP contribution in [-0.4, -0.2) is 23.7 Å². The highest BCUT2D eigenvalue weighted by molar-refractivity contribution is 5.94. The molecule has 0 saturated carbocycles. The lowest BCUT2D eigenvalue weighted by Crippen LogP contribution is -2.21. The SMILES string of the molecule is CNCc1ccc(-c2[nH]c3cc(F)cc4c3c2CCNC4O)cc1. The summed E-state index contributed by atoms with van der Waals surface area (Å²) in [6.07, 6.45) is -0.0605. The van der Waals surface area contributed by atoms with Crippen LogP contribution in [0.5, 0.6) is 0 Å². The van der Waals surface area contributed by atoms with Gasteiger partial charge in [-0.05, 0) is 42.3 Å². The molecule has 2 aromatic carbocycles. The number of aliphatic hydroxyl groups is 1. The summed E-state index contributed by atoms with van der Waals surface area (Å²) >= 11 is 0. The van der Waals surface area contributed by atoms with Crippen LogP contribution in [0.3, 0.4) is 0 Å². The Balaban J connectivity index is 1.90. The summed E-state index contributed by atoms with van der Waals surface area (Å²) in [4.78, 5) is 3.36. The van der Waals surface area contributed by atoms with Crippen LogP contribution < -0.4 is 10.6 Å². The molecule has 2 heterocycles. The van der Waals surface area contributed by atoms with Gasteiger partial charge < -0.3 is 15.4 Å². The minimum Gasteiger partial charge on any atom is -0.374 e. The first-order chi connectivity index (χ1) is 11.7. The average molecular weight is 325 g/mol. The summed E-state index contributed by atoms with van der Waals surface area (Å²) in [6.45, 7) is 1.47. The lowest BCUT2D eigenvalue weighted by atomic mass is 9.99. The van der Waals surface area contributed by atoms with Crippen molar-refractivity contribution in [2.75, 3.05) is 13.6 Å². The predicted octanol–water partition coefficient (Wildman–Crippen LogP) is 2.83. The van der Waals surface area contributed by atoms with E-state index in [1.54, 1.807) is 0 Å². The molecule has 124 valence electrons. The Labute approximate surface area is 139 Å². The number of aromatic nitrogens is 1. The normalized spacial score (nSPS) is 17.2. The van der Waals surface area contributed by atoms with Gasteiger partial charge in [0.15, 0.2) is 0 Å². The molecule has 5 heteroatoms. The van der Waals surface area contributed by atoms with Crippen LogP contribution in [0.2, 0.25) is 0 Å². The highest BCUT2D eigenvalue weighted by Crippen LogP contribution is 2.36. The number of halogens is 1. The van der Waals surface area contributed by atoms with Crippen LogP contribution in [-0.2, 0) is 13.0 Å². The average Bonchev–Trinajstić information content (AvgIpc) is 2.84. The van der Waals surface area contributed by atoms with Crippen LogP contribution in [0, 0.1) is 5.82 Å². The molecular weight excluding hydrogens is 305 g/mol. The van der Waals surface area contributed by atoms with Crippen molar-refractivity contribution in [3.8, 4) is 11.3 Å². The van der Waals surface area contributed by atoms with E-state index >= 15 is 0 Å². The lowest BCUT2D eigenvalue weighted by Gasteiger charge is -2.11. The van der Waals surface area contributed by atoms with E-state index in [0.29, 0.717) is 12.1 Å². The summed E-state index contributed by atoms with van der Waals surface area (Å²) in [7, 11) is 1.92. The molecule has 4 N–H and O–H groups in total. The molecule has 1 aliphatic heterocycles. The molecule has 1 aromatic heterocycles. The van der Waals surface area contributed by atoms with Crippen molar-refractivity contribution in [2.24, 2.45) is 0 Å². The third kappa shape index (κ3) is 2.51. The molecule has 3 aromatic rings. The molecule has 1 atom stereocenters. The molecule has 24 heavy (non-hydrogen) atoms. The summed E-state index contributed by atoms with van der Waals surface area (Å²) in [6, 6.07) is 11.3. The zero-order valence-electron chi connectivity index (χ0n) is 13.5. The Hall–Kier alpha value is -2.21. The Bertz CT molecular complexity index is 886. The minimum atomic E-state index is -0.842. The van der Waals surface area contributed by atoms with E-state index in [1.165, 1.54) is 17.7 Å². The fourth-order valence-corrected chi connectivity index (χ4v) is 3.55. The zero-order valence-corrected chi connectivity index (χ0v) is 13.5. The van der Waals surface area contributed by atoms with Crippen molar-refractivity contribution in [3.05, 3.63) is 58.9 Å². The zero-order chi connectivity index (χ0) is 16.7. The van der Waals surface area contributed by atoms with Crippen molar-refractivity contribution in [2.45, 2.75) is 19.2 Å². The Morgan fingerprint density at radius 2 is 2.04 bits per heavy atom. The maximum atomic E-state index is 13.9. The van der Waals surface area contributed by atoms with Gasteiger partial charge in [0.1, 0.15) is 12.0 Å². The molecule has 0 fully saturated rings. The fourth-order valence-electron chi connectivity index (χ4n) is 3.55. The molecule has 0 radical (unpaired) electrons. The molecule has 0 aliphatic carbocycles. The molecule has 0 bridgehead atoms. The highest BCUT2D eigenvalue weighted by atomic mass is 19.1. The number of aliphatic hydroxyl groups excluding tert-OH is 1. The molecule has 0 amide bonds. The van der Waals surface area contributed by atoms with Crippen molar-refractivity contribution in [1.82, 2.24) is 15.6 Å². The number of hydrogen-bond acceptors (Lipinski definition) is 3. The molecule has 4 nitrogen and oxygen atoms in total. The van der Waals surface area contributed by atoms with Gasteiger partial charge in [0, 0.05) is 35.2 Å². The molecule has 0 saturated heterocycles. The second-order valence-corrected chi connectivity index (χ2v) is 6.23. The lowest BCUT2D eigenvalue weighted by molar-refractivity contribution is 0.142. The third-order valence-corrected chi connectivity index (χ3v) is 4.63. The van der Waals surface area contributed by atoms with Gasteiger partial charge in [0.2, 0.25) is 0 Å². The number of nitrogens with one attached hydrogen (secondary N) is 3. The summed E-state index contributed by atoms with van der Waals surface area (Å²) in [5.74, 6) is -0.344. The maximum Gasteiger partial charge on any atom is 0.131 e. The Morgan fingerprint density at radius 3 is 2.79 bits per heavy atom. The van der Waals surface area contributed by atoms with Crippen molar-refractivity contribution in [1.29, 1.82) is 0 Å². The van der Waals surface area contributed by atoms with Gasteiger partial charge in [-0.2, -0.15) is 0 Å². The number of rotatable bonds is 3. The minimum absolute atomic E-state index is 0.344. The molecule has 0 spiro atoms. The molecular formula is C19H20FN3O. The third-order valence-electron chi connectivity index (χ3n) is 4.63. The standard InChI is InChI=1S/C19H20FN3O/c1-21-10-11-2-4-12(5-3-11)18-14-6-7-22-19(24)15-8-13(20)9-16(23-18)17(14)15/h2-5,8-9,19,21-24H,6-7,10H2,1H3. The number of H-pyrrole nitrogens is 1. The van der Waals surface area contributed by atoms with Gasteiger partial charge >= 0.3 is 0 Å². The Kier molecular flexibility index (Phi) is 3.84. The summed E-state index contributed by atoms with van der Waals surface area (Å²) < 4.78 is 13.9. The summed E-state index contributed by atoms with van der Waals surface area (Å²) in [5, 5.41) is 17.4. The monoisotopic (exact) mass is 325 g/mol. The van der Waals surface area contributed by atoms with Crippen molar-refractivity contribution in [3.63, 3.8) is 0 Å². The van der Waals surface area contributed by atoms with Gasteiger partial charge in [-0.1, -0.05) is 24.3 Å². The first kappa shape index (κ1) is 15.3. The fraction of sp³-hybridized carbons (Fsp3) is 0.263. The van der Waals surface area contributed by atoms with Crippen LogP contribution in [0.15, 0.2) is 36.4 Å². The van der Waals surface area contributed by atoms with E-state index in [0.717, 1.165) is 40.7 Å². The largest absolute Gasteiger partial charge is 0.374 e. The first-order valence-corrected chi connectivity index (χ1v) is 8.16. The van der Waals surface area contributed by atoms with Gasteiger partial charge in [-0.15, -0.1) is 0 Å². The quantitative estimate of drug-likeness (QED) is 0.599. The topological polar surface area (TPSA) is 60.1 Å². The van der Waals surface area contributed by atoms with Gasteiger partial charge in [-0.25, -0.2) is 4.39 Å². The van der Waals surface area contributed by atoms with E-state index in [9.17, 15) is 9.50 Å².